The molecule has 5 heteroatoms. The minimum Gasteiger partial charge on any atom is -0.468 e. The van der Waals surface area contributed by atoms with Gasteiger partial charge in [-0.05, 0) is 11.6 Å². The predicted molar refractivity (Wildman–Crippen MR) is 91.6 cm³/mol. The normalized spacial score (nSPS) is 14.1. The van der Waals surface area contributed by atoms with Crippen LogP contribution in [0.2, 0.25) is 0 Å². The van der Waals surface area contributed by atoms with Crippen molar-refractivity contribution in [2.75, 3.05) is 24.3 Å². The summed E-state index contributed by atoms with van der Waals surface area (Å²) in [5.74, 6) is 0.242. The van der Waals surface area contributed by atoms with Crippen LogP contribution in [0.4, 0.5) is 5.69 Å². The summed E-state index contributed by atoms with van der Waals surface area (Å²) in [6, 6.07) is 15.9. The highest BCUT2D eigenvalue weighted by atomic mass is 32.2. The Morgan fingerprint density at radius 1 is 1.17 bits per heavy atom. The third-order valence-electron chi connectivity index (χ3n) is 3.74. The molecule has 3 rings (SSSR count). The summed E-state index contributed by atoms with van der Waals surface area (Å²) in [5.41, 5.74) is 2.78. The molecule has 0 aromatic heterocycles. The topological polar surface area (TPSA) is 46.6 Å². The Labute approximate surface area is 139 Å². The molecule has 0 bridgehead atoms. The lowest BCUT2D eigenvalue weighted by Crippen LogP contribution is -2.36. The summed E-state index contributed by atoms with van der Waals surface area (Å²) in [5, 5.41) is 0. The van der Waals surface area contributed by atoms with Gasteiger partial charge in [0, 0.05) is 22.6 Å². The van der Waals surface area contributed by atoms with Crippen molar-refractivity contribution in [2.45, 2.75) is 11.3 Å². The van der Waals surface area contributed by atoms with Gasteiger partial charge in [-0.15, -0.1) is 11.8 Å². The first kappa shape index (κ1) is 15.6. The molecule has 2 aromatic carbocycles. The van der Waals surface area contributed by atoms with Crippen molar-refractivity contribution >= 4 is 29.3 Å². The van der Waals surface area contributed by atoms with Gasteiger partial charge in [0.1, 0.15) is 6.54 Å². The maximum Gasteiger partial charge on any atom is 0.325 e. The van der Waals surface area contributed by atoms with Crippen LogP contribution in [0.1, 0.15) is 6.42 Å². The Bertz CT molecular complexity index is 730. The number of para-hydroxylation sites is 1. The van der Waals surface area contributed by atoms with Gasteiger partial charge in [-0.25, -0.2) is 0 Å². The van der Waals surface area contributed by atoms with E-state index >= 15 is 0 Å². The third-order valence-corrected chi connectivity index (χ3v) is 4.79. The number of hydrogen-bond acceptors (Lipinski definition) is 4. The van der Waals surface area contributed by atoms with Gasteiger partial charge in [0.25, 0.3) is 0 Å². The van der Waals surface area contributed by atoms with Gasteiger partial charge in [-0.3, -0.25) is 14.5 Å². The monoisotopic (exact) mass is 327 g/mol. The van der Waals surface area contributed by atoms with Gasteiger partial charge in [-0.2, -0.15) is 0 Å². The molecular formula is C18H17NO3S. The molecule has 0 saturated carbocycles. The largest absolute Gasteiger partial charge is 0.468 e. The summed E-state index contributed by atoms with van der Waals surface area (Å²) >= 11 is 1.65. The number of benzene rings is 2. The Hall–Kier alpha value is -2.27. The number of fused-ring (bicyclic) bond motifs is 1. The van der Waals surface area contributed by atoms with Crippen LogP contribution in [0.3, 0.4) is 0 Å². The Morgan fingerprint density at radius 3 is 2.70 bits per heavy atom. The fourth-order valence-electron chi connectivity index (χ4n) is 2.64. The number of thioether (sulfide) groups is 1. The number of nitrogens with zero attached hydrogens (tertiary/aromatic N) is 1. The van der Waals surface area contributed by atoms with E-state index in [9.17, 15) is 9.59 Å². The Morgan fingerprint density at radius 2 is 1.96 bits per heavy atom. The lowest BCUT2D eigenvalue weighted by Gasteiger charge is -2.24. The van der Waals surface area contributed by atoms with Crippen molar-refractivity contribution < 1.29 is 14.3 Å². The number of amides is 1. The van der Waals surface area contributed by atoms with E-state index in [1.165, 1.54) is 7.11 Å². The van der Waals surface area contributed by atoms with Crippen LogP contribution in [0.25, 0.3) is 11.1 Å². The quantitative estimate of drug-likeness (QED) is 0.811. The Balaban J connectivity index is 2.14. The number of carbonyl (C=O) groups excluding carboxylic acids is 2. The van der Waals surface area contributed by atoms with E-state index in [-0.39, 0.29) is 12.5 Å². The minimum absolute atomic E-state index is 0.0509. The minimum atomic E-state index is -0.418. The smallest absolute Gasteiger partial charge is 0.325 e. The van der Waals surface area contributed by atoms with Crippen LogP contribution < -0.4 is 4.90 Å². The molecule has 23 heavy (non-hydrogen) atoms. The zero-order chi connectivity index (χ0) is 16.2. The highest BCUT2D eigenvalue weighted by molar-refractivity contribution is 7.99. The van der Waals surface area contributed by atoms with E-state index in [0.29, 0.717) is 12.2 Å². The molecule has 0 N–H and O–H groups in total. The molecule has 4 nitrogen and oxygen atoms in total. The van der Waals surface area contributed by atoms with E-state index < -0.39 is 5.97 Å². The summed E-state index contributed by atoms with van der Waals surface area (Å²) in [7, 11) is 1.34. The van der Waals surface area contributed by atoms with Crippen molar-refractivity contribution in [3.63, 3.8) is 0 Å². The maximum absolute atomic E-state index is 12.5. The third kappa shape index (κ3) is 3.24. The highest BCUT2D eigenvalue weighted by Gasteiger charge is 2.27. The number of anilines is 1. The summed E-state index contributed by atoms with van der Waals surface area (Å²) in [6.45, 7) is -0.0628. The van der Waals surface area contributed by atoms with E-state index in [4.69, 9.17) is 4.74 Å². The van der Waals surface area contributed by atoms with Crippen LogP contribution in [0.5, 0.6) is 0 Å². The molecule has 0 fully saturated rings. The second-order valence-electron chi connectivity index (χ2n) is 5.17. The second-order valence-corrected chi connectivity index (χ2v) is 6.31. The first-order valence-corrected chi connectivity index (χ1v) is 8.37. The molecule has 0 unspecified atom stereocenters. The average Bonchev–Trinajstić information content (AvgIpc) is 2.75. The number of carbonyl (C=O) groups is 2. The first-order valence-electron chi connectivity index (χ1n) is 7.39. The van der Waals surface area contributed by atoms with Gasteiger partial charge in [-0.1, -0.05) is 42.5 Å². The molecule has 0 radical (unpaired) electrons. The van der Waals surface area contributed by atoms with Gasteiger partial charge < -0.3 is 4.74 Å². The molecule has 0 saturated heterocycles. The summed E-state index contributed by atoms with van der Waals surface area (Å²) in [6.07, 6.45) is 0.407. The molecule has 1 heterocycles. The van der Waals surface area contributed by atoms with Crippen LogP contribution >= 0.6 is 11.8 Å². The molecule has 0 atom stereocenters. The number of esters is 1. The highest BCUT2D eigenvalue weighted by Crippen LogP contribution is 2.41. The molecule has 1 aliphatic heterocycles. The van der Waals surface area contributed by atoms with E-state index in [1.807, 2.05) is 48.5 Å². The zero-order valence-corrected chi connectivity index (χ0v) is 13.6. The van der Waals surface area contributed by atoms with E-state index in [1.54, 1.807) is 16.7 Å². The van der Waals surface area contributed by atoms with Crippen molar-refractivity contribution in [2.24, 2.45) is 0 Å². The van der Waals surface area contributed by atoms with Crippen molar-refractivity contribution in [1.29, 1.82) is 0 Å². The van der Waals surface area contributed by atoms with Gasteiger partial charge in [0.2, 0.25) is 5.91 Å². The van der Waals surface area contributed by atoms with Crippen LogP contribution in [-0.4, -0.2) is 31.3 Å². The number of hydrogen-bond donors (Lipinski definition) is 0. The van der Waals surface area contributed by atoms with E-state index in [2.05, 4.69) is 0 Å². The maximum atomic E-state index is 12.5. The summed E-state index contributed by atoms with van der Waals surface area (Å²) < 4.78 is 4.76. The molecule has 0 aliphatic carbocycles. The molecule has 2 aromatic rings. The lowest BCUT2D eigenvalue weighted by molar-refractivity contribution is -0.140. The molecule has 1 amide bonds. The number of rotatable bonds is 3. The standard InChI is InChI=1S/C18H17NO3S/c1-22-17(21)12-19-16(20)10-11-23-15-9-5-8-14(18(15)19)13-6-3-2-4-7-13/h2-9H,10-12H2,1H3. The molecule has 0 spiro atoms. The van der Waals surface area contributed by atoms with Crippen molar-refractivity contribution in [3.05, 3.63) is 48.5 Å². The fraction of sp³-hybridized carbons (Fsp3) is 0.222. The summed E-state index contributed by atoms with van der Waals surface area (Å²) in [4.78, 5) is 26.9. The SMILES string of the molecule is COC(=O)CN1C(=O)CCSc2cccc(-c3ccccc3)c21. The van der Waals surface area contributed by atoms with Crippen molar-refractivity contribution in [3.8, 4) is 11.1 Å². The van der Waals surface area contributed by atoms with Crippen molar-refractivity contribution in [1.82, 2.24) is 0 Å². The van der Waals surface area contributed by atoms with Crippen LogP contribution in [-0.2, 0) is 14.3 Å². The van der Waals surface area contributed by atoms with Gasteiger partial charge in [0.05, 0.1) is 12.8 Å². The predicted octanol–water partition coefficient (Wildman–Crippen LogP) is 3.36. The van der Waals surface area contributed by atoms with Gasteiger partial charge in [0.15, 0.2) is 0 Å². The first-order chi connectivity index (χ1) is 11.2. The van der Waals surface area contributed by atoms with E-state index in [0.717, 1.165) is 21.7 Å². The number of ether oxygens (including phenoxy) is 1. The molecule has 1 aliphatic rings. The van der Waals surface area contributed by atoms with Crippen LogP contribution in [0.15, 0.2) is 53.4 Å². The average molecular weight is 327 g/mol. The second kappa shape index (κ2) is 6.87. The Kier molecular flexibility index (Phi) is 4.67. The zero-order valence-electron chi connectivity index (χ0n) is 12.8. The molecule has 118 valence electrons. The molecular weight excluding hydrogens is 310 g/mol. The number of methoxy groups -OCH3 is 1. The van der Waals surface area contributed by atoms with Gasteiger partial charge >= 0.3 is 5.97 Å². The van der Waals surface area contributed by atoms with Crippen LogP contribution in [0, 0.1) is 0 Å². The lowest BCUT2D eigenvalue weighted by atomic mass is 10.0. The fourth-order valence-corrected chi connectivity index (χ4v) is 3.66.